The van der Waals surface area contributed by atoms with E-state index in [1.54, 1.807) is 12.3 Å². The molecule has 3 N–H and O–H groups in total. The van der Waals surface area contributed by atoms with Crippen molar-refractivity contribution in [3.8, 4) is 6.19 Å². The number of nitrogens with one attached hydrogen (secondary N) is 2. The summed E-state index contributed by atoms with van der Waals surface area (Å²) >= 11 is 0. The van der Waals surface area contributed by atoms with E-state index < -0.39 is 5.54 Å². The Kier molecular flexibility index (Phi) is 4.35. The Labute approximate surface area is 130 Å². The van der Waals surface area contributed by atoms with Crippen LogP contribution in [0.5, 0.6) is 0 Å². The van der Waals surface area contributed by atoms with Crippen LogP contribution in [0.4, 0.5) is 5.82 Å². The summed E-state index contributed by atoms with van der Waals surface area (Å²) in [6.07, 6.45) is 4.21. The molecule has 2 rings (SSSR count). The zero-order valence-corrected chi connectivity index (χ0v) is 13.3. The van der Waals surface area contributed by atoms with Crippen LogP contribution in [0.1, 0.15) is 34.1 Å². The fraction of sp³-hybridized carbons (Fsp3) is 0.533. The molecule has 1 unspecified atom stereocenters. The predicted octanol–water partition coefficient (Wildman–Crippen LogP) is 1.94. The summed E-state index contributed by atoms with van der Waals surface area (Å²) in [4.78, 5) is 8.74. The summed E-state index contributed by atoms with van der Waals surface area (Å²) in [5, 5.41) is 26.1. The van der Waals surface area contributed by atoms with Gasteiger partial charge >= 0.3 is 0 Å². The third kappa shape index (κ3) is 3.18. The van der Waals surface area contributed by atoms with Crippen molar-refractivity contribution >= 4 is 11.8 Å². The molecule has 1 aromatic rings. The Morgan fingerprint density at radius 1 is 1.45 bits per heavy atom. The smallest absolute Gasteiger partial charge is 0.210 e. The number of anilines is 1. The number of hydrogen-bond acceptors (Lipinski definition) is 5. The Morgan fingerprint density at radius 2 is 2.18 bits per heavy atom. The molecule has 1 fully saturated rings. The molecule has 0 spiro atoms. The van der Waals surface area contributed by atoms with Crippen LogP contribution in [0.2, 0.25) is 0 Å². The van der Waals surface area contributed by atoms with Gasteiger partial charge in [-0.3, -0.25) is 5.32 Å². The number of aromatic nitrogens is 1. The number of nitriles is 1. The lowest BCUT2D eigenvalue weighted by atomic mass is 9.95. The monoisotopic (exact) mass is 302 g/mol. The summed E-state index contributed by atoms with van der Waals surface area (Å²) < 4.78 is 0. The van der Waals surface area contributed by atoms with Crippen LogP contribution >= 0.6 is 0 Å². The molecular weight excluding hydrogens is 280 g/mol. The second kappa shape index (κ2) is 5.91. The van der Waals surface area contributed by atoms with Crippen LogP contribution in [0.25, 0.3) is 0 Å². The fourth-order valence-electron chi connectivity index (χ4n) is 2.80. The number of aliphatic imine (C=N–C) groups is 1. The minimum Gasteiger partial charge on any atom is -0.313 e. The Bertz CT molecular complexity index is 590. The third-order valence-electron chi connectivity index (χ3n) is 4.00. The molecule has 1 atom stereocenters. The van der Waals surface area contributed by atoms with Crippen LogP contribution in [-0.4, -0.2) is 38.3 Å². The summed E-state index contributed by atoms with van der Waals surface area (Å²) in [6.45, 7) is 7.79. The van der Waals surface area contributed by atoms with Crippen LogP contribution < -0.4 is 10.6 Å². The van der Waals surface area contributed by atoms with Crippen molar-refractivity contribution in [3.63, 3.8) is 0 Å². The molecule has 0 aliphatic carbocycles. The quantitative estimate of drug-likeness (QED) is 0.334. The van der Waals surface area contributed by atoms with Gasteiger partial charge in [-0.1, -0.05) is 6.07 Å². The number of hydrogen-bond donors (Lipinski definition) is 3. The number of hydroxylamine groups is 2. The average molecular weight is 302 g/mol. The Hall–Kier alpha value is -2.17. The molecule has 7 heteroatoms. The van der Waals surface area contributed by atoms with Crippen molar-refractivity contribution in [1.82, 2.24) is 15.4 Å². The van der Waals surface area contributed by atoms with Gasteiger partial charge in [0.25, 0.3) is 0 Å². The standard InChI is InChI=1S/C15H22N6O/c1-14(2)9-11(15(3,4)21(14)22)19-13(18-10-16)20-12-7-5-6-8-17-12/h5-8,11,22H,9H2,1-4H3,(H2,17,18,19,20). The first-order valence-corrected chi connectivity index (χ1v) is 7.17. The Balaban J connectivity index is 2.25. The molecule has 118 valence electrons. The van der Waals surface area contributed by atoms with Gasteiger partial charge in [-0.2, -0.15) is 10.3 Å². The maximum Gasteiger partial charge on any atom is 0.210 e. The van der Waals surface area contributed by atoms with E-state index in [0.29, 0.717) is 18.2 Å². The maximum atomic E-state index is 10.3. The van der Waals surface area contributed by atoms with Gasteiger partial charge in [0.05, 0.1) is 11.6 Å². The van der Waals surface area contributed by atoms with Gasteiger partial charge in [0.1, 0.15) is 5.82 Å². The zero-order chi connectivity index (χ0) is 16.4. The van der Waals surface area contributed by atoms with E-state index in [2.05, 4.69) is 20.6 Å². The lowest BCUT2D eigenvalue weighted by Gasteiger charge is -2.34. The number of guanidine groups is 1. The van der Waals surface area contributed by atoms with E-state index >= 15 is 0 Å². The van der Waals surface area contributed by atoms with Gasteiger partial charge in [0.2, 0.25) is 5.96 Å². The van der Waals surface area contributed by atoms with Crippen molar-refractivity contribution < 1.29 is 5.21 Å². The molecule has 1 aliphatic rings. The zero-order valence-electron chi connectivity index (χ0n) is 13.3. The van der Waals surface area contributed by atoms with Crippen LogP contribution in [0.15, 0.2) is 29.4 Å². The van der Waals surface area contributed by atoms with Crippen LogP contribution in [0, 0.1) is 11.5 Å². The number of nitrogens with zero attached hydrogens (tertiary/aromatic N) is 4. The molecule has 0 amide bonds. The second-order valence-corrected chi connectivity index (χ2v) is 6.55. The molecule has 22 heavy (non-hydrogen) atoms. The van der Waals surface area contributed by atoms with E-state index in [0.717, 1.165) is 0 Å². The summed E-state index contributed by atoms with van der Waals surface area (Å²) in [7, 11) is 0. The van der Waals surface area contributed by atoms with E-state index in [9.17, 15) is 5.21 Å². The highest BCUT2D eigenvalue weighted by molar-refractivity contribution is 5.93. The largest absolute Gasteiger partial charge is 0.313 e. The first kappa shape index (κ1) is 16.2. The lowest BCUT2D eigenvalue weighted by Crippen LogP contribution is -2.48. The first-order valence-electron chi connectivity index (χ1n) is 7.17. The van der Waals surface area contributed by atoms with Gasteiger partial charge in [0.15, 0.2) is 6.19 Å². The van der Waals surface area contributed by atoms with Gasteiger partial charge in [0, 0.05) is 11.7 Å². The topological polar surface area (TPSA) is 96.6 Å². The third-order valence-corrected chi connectivity index (χ3v) is 4.00. The molecule has 1 aromatic heterocycles. The molecule has 0 radical (unpaired) electrons. The molecule has 1 aliphatic heterocycles. The average Bonchev–Trinajstić information content (AvgIpc) is 2.60. The molecule has 0 bridgehead atoms. The highest BCUT2D eigenvalue weighted by atomic mass is 16.5. The lowest BCUT2D eigenvalue weighted by molar-refractivity contribution is -0.193. The molecule has 0 aromatic carbocycles. The maximum absolute atomic E-state index is 10.3. The Morgan fingerprint density at radius 3 is 2.68 bits per heavy atom. The van der Waals surface area contributed by atoms with Gasteiger partial charge < -0.3 is 10.5 Å². The van der Waals surface area contributed by atoms with Gasteiger partial charge in [-0.25, -0.2) is 9.98 Å². The van der Waals surface area contributed by atoms with Crippen molar-refractivity contribution in [3.05, 3.63) is 24.4 Å². The molecule has 7 nitrogen and oxygen atoms in total. The molecule has 1 saturated heterocycles. The van der Waals surface area contributed by atoms with Crippen molar-refractivity contribution in [2.75, 3.05) is 5.32 Å². The van der Waals surface area contributed by atoms with E-state index in [-0.39, 0.29) is 11.6 Å². The van der Waals surface area contributed by atoms with Crippen molar-refractivity contribution in [2.24, 2.45) is 4.99 Å². The highest BCUT2D eigenvalue weighted by Crippen LogP contribution is 2.40. The molecule has 0 saturated carbocycles. The summed E-state index contributed by atoms with van der Waals surface area (Å²) in [5.74, 6) is 0.922. The second-order valence-electron chi connectivity index (χ2n) is 6.55. The predicted molar refractivity (Wildman–Crippen MR) is 84.2 cm³/mol. The SMILES string of the molecule is CC1(C)CC(N=C(NC#N)Nc2ccccn2)C(C)(C)N1O. The van der Waals surface area contributed by atoms with Gasteiger partial charge in [-0.05, 0) is 46.2 Å². The summed E-state index contributed by atoms with van der Waals surface area (Å²) in [6, 6.07) is 5.28. The molecule has 2 heterocycles. The number of pyridine rings is 1. The van der Waals surface area contributed by atoms with Crippen molar-refractivity contribution in [2.45, 2.75) is 51.2 Å². The van der Waals surface area contributed by atoms with E-state index in [1.165, 1.54) is 5.06 Å². The van der Waals surface area contributed by atoms with Crippen molar-refractivity contribution in [1.29, 1.82) is 5.26 Å². The van der Waals surface area contributed by atoms with E-state index in [1.807, 2.05) is 46.0 Å². The minimum atomic E-state index is -0.530. The number of rotatable bonds is 2. The van der Waals surface area contributed by atoms with Gasteiger partial charge in [-0.15, -0.1) is 0 Å². The molecular formula is C15H22N6O. The van der Waals surface area contributed by atoms with E-state index in [4.69, 9.17) is 5.26 Å². The highest BCUT2D eigenvalue weighted by Gasteiger charge is 2.51. The van der Waals surface area contributed by atoms with Crippen LogP contribution in [0.3, 0.4) is 0 Å². The normalized spacial score (nSPS) is 23.8. The fourth-order valence-corrected chi connectivity index (χ4v) is 2.80. The minimum absolute atomic E-state index is 0.167. The van der Waals surface area contributed by atoms with Crippen LogP contribution in [-0.2, 0) is 0 Å². The summed E-state index contributed by atoms with van der Waals surface area (Å²) in [5.41, 5.74) is -0.905. The first-order chi connectivity index (χ1) is 10.3.